The van der Waals surface area contributed by atoms with Crippen LogP contribution in [0.25, 0.3) is 86.6 Å². The van der Waals surface area contributed by atoms with E-state index in [0.29, 0.717) is 0 Å². The van der Waals surface area contributed by atoms with Crippen LogP contribution in [0.3, 0.4) is 0 Å². The van der Waals surface area contributed by atoms with Crippen molar-refractivity contribution < 1.29 is 4.42 Å². The Hall–Kier alpha value is -7.20. The van der Waals surface area contributed by atoms with Crippen molar-refractivity contribution in [3.8, 4) is 44.5 Å². The van der Waals surface area contributed by atoms with E-state index in [4.69, 9.17) is 4.42 Å². The van der Waals surface area contributed by atoms with Gasteiger partial charge in [-0.3, -0.25) is 0 Å². The van der Waals surface area contributed by atoms with Crippen molar-refractivity contribution in [3.05, 3.63) is 212 Å². The summed E-state index contributed by atoms with van der Waals surface area (Å²) in [6.45, 7) is 0. The first kappa shape index (κ1) is 33.2. The first-order valence-corrected chi connectivity index (χ1v) is 20.2. The zero-order chi connectivity index (χ0) is 37.7. The van der Waals surface area contributed by atoms with Crippen molar-refractivity contribution in [3.63, 3.8) is 0 Å². The Kier molecular flexibility index (Phi) is 8.04. The van der Waals surface area contributed by atoms with Gasteiger partial charge in [0.15, 0.2) is 5.58 Å². The topological polar surface area (TPSA) is 16.4 Å². The maximum atomic E-state index is 6.84. The Bertz CT molecular complexity index is 3200. The summed E-state index contributed by atoms with van der Waals surface area (Å²) >= 11 is 1.88. The Labute approximate surface area is 335 Å². The van der Waals surface area contributed by atoms with E-state index in [-0.39, 0.29) is 0 Å². The molecule has 268 valence electrons. The van der Waals surface area contributed by atoms with Gasteiger partial charge < -0.3 is 9.32 Å². The lowest BCUT2D eigenvalue weighted by Crippen LogP contribution is -2.10. The van der Waals surface area contributed by atoms with Gasteiger partial charge in [0.25, 0.3) is 0 Å². The van der Waals surface area contributed by atoms with Crippen LogP contribution in [0.5, 0.6) is 0 Å². The van der Waals surface area contributed by atoms with Crippen LogP contribution in [-0.4, -0.2) is 0 Å². The van der Waals surface area contributed by atoms with Crippen LogP contribution in [0.15, 0.2) is 217 Å². The summed E-state index contributed by atoms with van der Waals surface area (Å²) < 4.78 is 9.44. The number of fused-ring (bicyclic) bond motifs is 6. The van der Waals surface area contributed by atoms with Crippen LogP contribution in [-0.2, 0) is 0 Å². The van der Waals surface area contributed by atoms with Crippen molar-refractivity contribution >= 4 is 70.5 Å². The quantitative estimate of drug-likeness (QED) is 0.162. The molecule has 0 radical (unpaired) electrons. The Morgan fingerprint density at radius 3 is 1.49 bits per heavy atom. The monoisotopic (exact) mass is 745 g/mol. The van der Waals surface area contributed by atoms with Gasteiger partial charge in [0.2, 0.25) is 0 Å². The molecule has 9 aromatic carbocycles. The molecule has 2 aromatic heterocycles. The number of anilines is 3. The highest BCUT2D eigenvalue weighted by molar-refractivity contribution is 7.26. The summed E-state index contributed by atoms with van der Waals surface area (Å²) in [5, 5.41) is 4.83. The van der Waals surface area contributed by atoms with Gasteiger partial charge in [0.1, 0.15) is 5.58 Å². The molecule has 11 aromatic rings. The molecule has 0 aliphatic carbocycles. The van der Waals surface area contributed by atoms with Gasteiger partial charge in [-0.05, 0) is 87.0 Å². The zero-order valence-electron chi connectivity index (χ0n) is 31.0. The fraction of sp³-hybridized carbons (Fsp3) is 0. The van der Waals surface area contributed by atoms with Gasteiger partial charge in [-0.2, -0.15) is 0 Å². The molecule has 0 fully saturated rings. The van der Waals surface area contributed by atoms with E-state index in [1.807, 2.05) is 17.4 Å². The van der Waals surface area contributed by atoms with Gasteiger partial charge in [0.05, 0.1) is 5.69 Å². The second kappa shape index (κ2) is 13.8. The highest BCUT2D eigenvalue weighted by Crippen LogP contribution is 2.48. The third-order valence-electron chi connectivity index (χ3n) is 11.1. The average Bonchev–Trinajstić information content (AvgIpc) is 3.88. The van der Waals surface area contributed by atoms with Crippen LogP contribution in [0.1, 0.15) is 0 Å². The normalized spacial score (nSPS) is 11.5. The molecular weight excluding hydrogens is 711 g/mol. The SMILES string of the molecule is c1ccc(-c2ccc(N(c3ccc(-c4ccc(-c5ccccc5)c5c4sc4ccccc45)cc3)c3ccc(-c4ccccc4)c4c3oc3ccccc34)cc2)cc1. The molecule has 2 heterocycles. The van der Waals surface area contributed by atoms with Crippen LogP contribution in [0.2, 0.25) is 0 Å². The van der Waals surface area contributed by atoms with Crippen molar-refractivity contribution in [1.82, 2.24) is 0 Å². The van der Waals surface area contributed by atoms with Crippen molar-refractivity contribution in [2.24, 2.45) is 0 Å². The number of para-hydroxylation sites is 1. The molecular formula is C54H35NOS. The fourth-order valence-electron chi connectivity index (χ4n) is 8.41. The van der Waals surface area contributed by atoms with Crippen molar-refractivity contribution in [2.45, 2.75) is 0 Å². The number of hydrogen-bond donors (Lipinski definition) is 0. The van der Waals surface area contributed by atoms with E-state index >= 15 is 0 Å². The number of thiophene rings is 1. The van der Waals surface area contributed by atoms with Crippen LogP contribution in [0, 0.1) is 0 Å². The molecule has 0 spiro atoms. The van der Waals surface area contributed by atoms with Crippen molar-refractivity contribution in [1.29, 1.82) is 0 Å². The van der Waals surface area contributed by atoms with Gasteiger partial charge in [-0.15, -0.1) is 11.3 Å². The molecule has 2 nitrogen and oxygen atoms in total. The number of benzene rings is 9. The third kappa shape index (κ3) is 5.71. The summed E-state index contributed by atoms with van der Waals surface area (Å²) in [7, 11) is 0. The standard InChI is InChI=1S/C54H35NOS/c1-4-14-36(15-5-1)37-24-28-41(29-25-37)55(48-35-34-43(38-16-6-2-7-17-38)51-46-20-10-12-22-49(46)56-53(48)51)42-30-26-40(27-31-42)45-33-32-44(39-18-8-3-9-19-39)52-47-21-11-13-23-50(47)57-54(45)52/h1-35H. The van der Waals surface area contributed by atoms with E-state index < -0.39 is 0 Å². The van der Waals surface area contributed by atoms with E-state index in [2.05, 4.69) is 211 Å². The minimum Gasteiger partial charge on any atom is -0.454 e. The second-order valence-electron chi connectivity index (χ2n) is 14.4. The fourth-order valence-corrected chi connectivity index (χ4v) is 9.68. The molecule has 0 atom stereocenters. The molecule has 11 rings (SSSR count). The van der Waals surface area contributed by atoms with E-state index in [1.54, 1.807) is 0 Å². The van der Waals surface area contributed by atoms with Gasteiger partial charge in [-0.25, -0.2) is 0 Å². The minimum absolute atomic E-state index is 0.859. The maximum absolute atomic E-state index is 6.84. The van der Waals surface area contributed by atoms with E-state index in [0.717, 1.165) is 50.1 Å². The van der Waals surface area contributed by atoms with Crippen LogP contribution < -0.4 is 4.90 Å². The predicted molar refractivity (Wildman–Crippen MR) is 243 cm³/mol. The number of nitrogens with zero attached hydrogens (tertiary/aromatic N) is 1. The summed E-state index contributed by atoms with van der Waals surface area (Å²) in [6.07, 6.45) is 0. The van der Waals surface area contributed by atoms with Gasteiger partial charge in [0, 0.05) is 42.3 Å². The summed E-state index contributed by atoms with van der Waals surface area (Å²) in [5.74, 6) is 0. The highest BCUT2D eigenvalue weighted by atomic mass is 32.1. The zero-order valence-corrected chi connectivity index (χ0v) is 31.8. The molecule has 0 N–H and O–H groups in total. The van der Waals surface area contributed by atoms with Crippen molar-refractivity contribution in [2.75, 3.05) is 4.90 Å². The molecule has 0 aliphatic rings. The summed E-state index contributed by atoms with van der Waals surface area (Å²) in [4.78, 5) is 2.34. The van der Waals surface area contributed by atoms with Crippen LogP contribution >= 0.6 is 11.3 Å². The molecule has 0 saturated heterocycles. The first-order chi connectivity index (χ1) is 28.3. The summed E-state index contributed by atoms with van der Waals surface area (Å²) in [6, 6.07) is 76.1. The molecule has 0 bridgehead atoms. The van der Waals surface area contributed by atoms with Crippen LogP contribution in [0.4, 0.5) is 17.1 Å². The second-order valence-corrected chi connectivity index (χ2v) is 15.5. The largest absolute Gasteiger partial charge is 0.454 e. The lowest BCUT2D eigenvalue weighted by Gasteiger charge is -2.26. The highest BCUT2D eigenvalue weighted by Gasteiger charge is 2.23. The number of hydrogen-bond acceptors (Lipinski definition) is 3. The molecule has 3 heteroatoms. The third-order valence-corrected chi connectivity index (χ3v) is 12.3. The maximum Gasteiger partial charge on any atom is 0.160 e. The minimum atomic E-state index is 0.859. The smallest absolute Gasteiger partial charge is 0.160 e. The van der Waals surface area contributed by atoms with Gasteiger partial charge in [-0.1, -0.05) is 170 Å². The molecule has 0 amide bonds. The lowest BCUT2D eigenvalue weighted by atomic mass is 9.95. The first-order valence-electron chi connectivity index (χ1n) is 19.3. The molecule has 57 heavy (non-hydrogen) atoms. The lowest BCUT2D eigenvalue weighted by molar-refractivity contribution is 0.669. The Balaban J connectivity index is 1.09. The van der Waals surface area contributed by atoms with E-state index in [9.17, 15) is 0 Å². The molecule has 0 aliphatic heterocycles. The number of rotatable bonds is 7. The molecule has 0 saturated carbocycles. The average molecular weight is 746 g/mol. The molecule has 0 unspecified atom stereocenters. The Morgan fingerprint density at radius 2 is 0.825 bits per heavy atom. The van der Waals surface area contributed by atoms with Gasteiger partial charge >= 0.3 is 0 Å². The number of furan rings is 1. The predicted octanol–water partition coefficient (Wildman–Crippen LogP) is 16.1. The Morgan fingerprint density at radius 1 is 0.351 bits per heavy atom. The van der Waals surface area contributed by atoms with E-state index in [1.165, 1.54) is 53.6 Å². The summed E-state index contributed by atoms with van der Waals surface area (Å²) in [5.41, 5.74) is 14.4.